The summed E-state index contributed by atoms with van der Waals surface area (Å²) in [6.07, 6.45) is 8.60. The van der Waals surface area contributed by atoms with Crippen LogP contribution in [0, 0.1) is 6.92 Å². The molecule has 0 aliphatic heterocycles. The van der Waals surface area contributed by atoms with Crippen LogP contribution >= 0.6 is 0 Å². The number of benzene rings is 1. The molecule has 0 heteroatoms. The fourth-order valence-corrected chi connectivity index (χ4v) is 1.94. The van der Waals surface area contributed by atoms with E-state index in [4.69, 9.17) is 0 Å². The highest BCUT2D eigenvalue weighted by Crippen LogP contribution is 2.28. The van der Waals surface area contributed by atoms with Gasteiger partial charge >= 0.3 is 0 Å². The van der Waals surface area contributed by atoms with Gasteiger partial charge < -0.3 is 0 Å². The first kappa shape index (κ1) is 17.4. The minimum atomic E-state index is 1.13. The number of aryl methyl sites for hydroxylation is 1. The van der Waals surface area contributed by atoms with Crippen LogP contribution in [0.2, 0.25) is 0 Å². The maximum Gasteiger partial charge on any atom is -0.0218 e. The van der Waals surface area contributed by atoms with Gasteiger partial charge in [0.2, 0.25) is 0 Å². The maximum atomic E-state index is 3.87. The summed E-state index contributed by atoms with van der Waals surface area (Å²) in [5.41, 5.74) is 5.34. The Morgan fingerprint density at radius 3 is 2.11 bits per heavy atom. The zero-order valence-corrected chi connectivity index (χ0v) is 13.2. The van der Waals surface area contributed by atoms with Gasteiger partial charge in [-0.05, 0) is 36.5 Å². The predicted molar refractivity (Wildman–Crippen MR) is 89.4 cm³/mol. The second-order valence-corrected chi connectivity index (χ2v) is 3.95. The van der Waals surface area contributed by atoms with Crippen molar-refractivity contribution >= 4 is 5.57 Å². The second-order valence-electron chi connectivity index (χ2n) is 3.95. The first-order valence-corrected chi connectivity index (χ1v) is 7.40. The van der Waals surface area contributed by atoms with Crippen LogP contribution in [0.4, 0.5) is 0 Å². The fraction of sp³-hybridized carbons (Fsp3) is 0.368. The molecule has 1 aromatic rings. The molecular formula is C19H28. The third kappa shape index (κ3) is 5.30. The lowest BCUT2D eigenvalue weighted by Crippen LogP contribution is -1.93. The SMILES string of the molecule is C=CC1=C(c2ccc(C)cc2)CCC=C1.CC.CC. The van der Waals surface area contributed by atoms with Crippen molar-refractivity contribution in [2.45, 2.75) is 47.5 Å². The van der Waals surface area contributed by atoms with Crippen LogP contribution in [0.25, 0.3) is 5.57 Å². The van der Waals surface area contributed by atoms with Crippen molar-refractivity contribution in [1.82, 2.24) is 0 Å². The van der Waals surface area contributed by atoms with E-state index in [1.807, 2.05) is 33.8 Å². The van der Waals surface area contributed by atoms with Crippen LogP contribution in [0.1, 0.15) is 51.7 Å². The molecule has 0 radical (unpaired) electrons. The Kier molecular flexibility index (Phi) is 9.52. The van der Waals surface area contributed by atoms with E-state index in [2.05, 4.69) is 49.9 Å². The van der Waals surface area contributed by atoms with Crippen LogP contribution < -0.4 is 0 Å². The topological polar surface area (TPSA) is 0 Å². The molecule has 1 aliphatic carbocycles. The molecule has 0 heterocycles. The molecule has 0 atom stereocenters. The van der Waals surface area contributed by atoms with Gasteiger partial charge in [-0.15, -0.1) is 0 Å². The Morgan fingerprint density at radius 2 is 1.58 bits per heavy atom. The summed E-state index contributed by atoms with van der Waals surface area (Å²) >= 11 is 0. The van der Waals surface area contributed by atoms with Crippen molar-refractivity contribution in [1.29, 1.82) is 0 Å². The summed E-state index contributed by atoms with van der Waals surface area (Å²) in [7, 11) is 0. The molecule has 2 rings (SSSR count). The van der Waals surface area contributed by atoms with E-state index in [-0.39, 0.29) is 0 Å². The van der Waals surface area contributed by atoms with Gasteiger partial charge in [0.05, 0.1) is 0 Å². The van der Waals surface area contributed by atoms with E-state index in [1.54, 1.807) is 0 Å². The molecule has 19 heavy (non-hydrogen) atoms. The maximum absolute atomic E-state index is 3.87. The summed E-state index contributed by atoms with van der Waals surface area (Å²) < 4.78 is 0. The predicted octanol–water partition coefficient (Wildman–Crippen LogP) is 6.34. The van der Waals surface area contributed by atoms with Gasteiger partial charge in [-0.2, -0.15) is 0 Å². The summed E-state index contributed by atoms with van der Waals surface area (Å²) in [5, 5.41) is 0. The molecule has 1 aliphatic rings. The molecule has 0 unspecified atom stereocenters. The largest absolute Gasteiger partial charge is 0.0985 e. The molecule has 0 nitrogen and oxygen atoms in total. The number of hydrogen-bond donors (Lipinski definition) is 0. The highest BCUT2D eigenvalue weighted by atomic mass is 14.1. The monoisotopic (exact) mass is 256 g/mol. The van der Waals surface area contributed by atoms with Crippen molar-refractivity contribution in [3.8, 4) is 0 Å². The van der Waals surface area contributed by atoms with E-state index in [0.29, 0.717) is 0 Å². The molecule has 0 aromatic heterocycles. The lowest BCUT2D eigenvalue weighted by atomic mass is 9.91. The first-order chi connectivity index (χ1) is 9.31. The Labute approximate surface area is 119 Å². The lowest BCUT2D eigenvalue weighted by molar-refractivity contribution is 1.04. The van der Waals surface area contributed by atoms with Gasteiger partial charge in [0.25, 0.3) is 0 Å². The Hall–Kier alpha value is -1.56. The van der Waals surface area contributed by atoms with E-state index < -0.39 is 0 Å². The summed E-state index contributed by atoms with van der Waals surface area (Å²) in [4.78, 5) is 0. The molecule has 0 saturated heterocycles. The smallest absolute Gasteiger partial charge is 0.0218 e. The highest BCUT2D eigenvalue weighted by Gasteiger charge is 2.07. The first-order valence-electron chi connectivity index (χ1n) is 7.40. The van der Waals surface area contributed by atoms with E-state index in [1.165, 1.54) is 22.3 Å². The van der Waals surface area contributed by atoms with Gasteiger partial charge in [0.1, 0.15) is 0 Å². The molecular weight excluding hydrogens is 228 g/mol. The Balaban J connectivity index is 0.000000741. The van der Waals surface area contributed by atoms with Crippen molar-refractivity contribution in [3.63, 3.8) is 0 Å². The quantitative estimate of drug-likeness (QED) is 0.579. The number of allylic oxidation sites excluding steroid dienone is 5. The molecule has 0 fully saturated rings. The second kappa shape index (κ2) is 10.4. The summed E-state index contributed by atoms with van der Waals surface area (Å²) in [6.45, 7) is 14.0. The number of rotatable bonds is 2. The third-order valence-corrected chi connectivity index (χ3v) is 2.83. The van der Waals surface area contributed by atoms with Crippen molar-refractivity contribution in [2.75, 3.05) is 0 Å². The third-order valence-electron chi connectivity index (χ3n) is 2.83. The van der Waals surface area contributed by atoms with Gasteiger partial charge in [0, 0.05) is 0 Å². The highest BCUT2D eigenvalue weighted by molar-refractivity contribution is 5.74. The average Bonchev–Trinajstić information content (AvgIpc) is 2.52. The van der Waals surface area contributed by atoms with Crippen molar-refractivity contribution < 1.29 is 0 Å². The normalized spacial score (nSPS) is 12.9. The molecule has 0 amide bonds. The van der Waals surface area contributed by atoms with Crippen molar-refractivity contribution in [3.05, 3.63) is 65.8 Å². The lowest BCUT2D eigenvalue weighted by Gasteiger charge is -2.14. The van der Waals surface area contributed by atoms with Crippen LogP contribution in [0.5, 0.6) is 0 Å². The fourth-order valence-electron chi connectivity index (χ4n) is 1.94. The van der Waals surface area contributed by atoms with Crippen molar-refractivity contribution in [2.24, 2.45) is 0 Å². The molecule has 1 aromatic carbocycles. The molecule has 0 spiro atoms. The van der Waals surface area contributed by atoms with Crippen LogP contribution in [-0.2, 0) is 0 Å². The average molecular weight is 256 g/mol. The van der Waals surface area contributed by atoms with E-state index in [9.17, 15) is 0 Å². The van der Waals surface area contributed by atoms with Gasteiger partial charge in [0.15, 0.2) is 0 Å². The minimum absolute atomic E-state index is 1.13. The summed E-state index contributed by atoms with van der Waals surface area (Å²) in [5.74, 6) is 0. The molecule has 104 valence electrons. The zero-order chi connectivity index (χ0) is 14.7. The Morgan fingerprint density at radius 1 is 1.00 bits per heavy atom. The van der Waals surface area contributed by atoms with Gasteiger partial charge in [-0.3, -0.25) is 0 Å². The molecule has 0 bridgehead atoms. The van der Waals surface area contributed by atoms with Gasteiger partial charge in [-0.1, -0.05) is 82.3 Å². The summed E-state index contributed by atoms with van der Waals surface area (Å²) in [6, 6.07) is 8.74. The zero-order valence-electron chi connectivity index (χ0n) is 13.2. The molecule has 0 saturated carbocycles. The van der Waals surface area contributed by atoms with Crippen LogP contribution in [0.3, 0.4) is 0 Å². The molecule has 0 N–H and O–H groups in total. The van der Waals surface area contributed by atoms with Crippen LogP contribution in [0.15, 0.2) is 54.6 Å². The standard InChI is InChI=1S/C15H16.2C2H6/c1-3-13-6-4-5-7-15(13)14-10-8-12(2)9-11-14;2*1-2/h3-4,6,8-11H,1,5,7H2,2H3;2*1-2H3. The van der Waals surface area contributed by atoms with E-state index >= 15 is 0 Å². The Bertz CT molecular complexity index is 416. The number of hydrogen-bond acceptors (Lipinski definition) is 0. The minimum Gasteiger partial charge on any atom is -0.0985 e. The van der Waals surface area contributed by atoms with Crippen LogP contribution in [-0.4, -0.2) is 0 Å². The van der Waals surface area contributed by atoms with Gasteiger partial charge in [-0.25, -0.2) is 0 Å². The van der Waals surface area contributed by atoms with E-state index in [0.717, 1.165) is 12.8 Å².